The zero-order valence-corrected chi connectivity index (χ0v) is 15.5. The van der Waals surface area contributed by atoms with E-state index in [-0.39, 0.29) is 19.0 Å². The van der Waals surface area contributed by atoms with Gasteiger partial charge in [0, 0.05) is 19.1 Å². The molecule has 1 rings (SSSR count). The van der Waals surface area contributed by atoms with Crippen molar-refractivity contribution < 1.29 is 22.8 Å². The Morgan fingerprint density at radius 1 is 1.26 bits per heavy atom. The molecule has 0 aliphatic carbocycles. The summed E-state index contributed by atoms with van der Waals surface area (Å²) in [4.78, 5) is 23.9. The summed E-state index contributed by atoms with van der Waals surface area (Å²) in [5.41, 5.74) is 6.64. The molecular formula is C19H26F3N3O2. The molecule has 8 heteroatoms. The number of nitrogens with one attached hydrogen (secondary N) is 1. The molecule has 0 heterocycles. The van der Waals surface area contributed by atoms with E-state index >= 15 is 0 Å². The third-order valence-electron chi connectivity index (χ3n) is 3.93. The van der Waals surface area contributed by atoms with Gasteiger partial charge in [0.15, 0.2) is 0 Å². The quantitative estimate of drug-likeness (QED) is 0.641. The molecule has 2 atom stereocenters. The molecule has 0 bridgehead atoms. The highest BCUT2D eigenvalue weighted by Crippen LogP contribution is 2.18. The van der Waals surface area contributed by atoms with E-state index in [1.807, 2.05) is 30.3 Å². The highest BCUT2D eigenvalue weighted by atomic mass is 19.4. The predicted molar refractivity (Wildman–Crippen MR) is 97.8 cm³/mol. The van der Waals surface area contributed by atoms with Crippen molar-refractivity contribution >= 4 is 11.8 Å². The van der Waals surface area contributed by atoms with Crippen LogP contribution in [0.4, 0.5) is 13.2 Å². The molecule has 27 heavy (non-hydrogen) atoms. The number of carbonyl (C=O) groups is 2. The minimum atomic E-state index is -4.90. The number of hydrogen-bond donors (Lipinski definition) is 2. The minimum absolute atomic E-state index is 0.0659. The molecule has 0 unspecified atom stereocenters. The first-order chi connectivity index (χ1) is 12.6. The predicted octanol–water partition coefficient (Wildman–Crippen LogP) is 2.42. The number of amides is 2. The lowest BCUT2D eigenvalue weighted by atomic mass is 10.0. The van der Waals surface area contributed by atoms with E-state index in [2.05, 4.69) is 5.32 Å². The Kier molecular flexibility index (Phi) is 9.00. The maximum atomic E-state index is 12.6. The van der Waals surface area contributed by atoms with Crippen LogP contribution in [0.15, 0.2) is 42.5 Å². The Morgan fingerprint density at radius 3 is 2.41 bits per heavy atom. The van der Waals surface area contributed by atoms with Gasteiger partial charge in [-0.2, -0.15) is 13.2 Å². The van der Waals surface area contributed by atoms with Gasteiger partial charge >= 0.3 is 12.1 Å². The molecule has 2 amide bonds. The molecule has 0 aromatic heterocycles. The second kappa shape index (κ2) is 10.7. The van der Waals surface area contributed by atoms with Crippen LogP contribution in [0.1, 0.15) is 25.8 Å². The lowest BCUT2D eigenvalue weighted by molar-refractivity contribution is -0.184. The Labute approximate surface area is 157 Å². The summed E-state index contributed by atoms with van der Waals surface area (Å²) in [7, 11) is 0. The van der Waals surface area contributed by atoms with Crippen molar-refractivity contribution in [3.63, 3.8) is 0 Å². The number of nitrogens with zero attached hydrogens (tertiary/aromatic N) is 1. The van der Waals surface area contributed by atoms with E-state index in [9.17, 15) is 22.8 Å². The number of rotatable bonds is 9. The highest BCUT2D eigenvalue weighted by Gasteiger charge is 2.41. The van der Waals surface area contributed by atoms with Crippen LogP contribution in [0.3, 0.4) is 0 Å². The fraction of sp³-hybridized carbons (Fsp3) is 0.474. The van der Waals surface area contributed by atoms with Crippen LogP contribution >= 0.6 is 0 Å². The molecule has 3 N–H and O–H groups in total. The number of hydrogen-bond acceptors (Lipinski definition) is 3. The number of halogens is 3. The second-order valence-electron chi connectivity index (χ2n) is 6.20. The smallest absolute Gasteiger partial charge is 0.349 e. The monoisotopic (exact) mass is 385 g/mol. The molecular weight excluding hydrogens is 359 g/mol. The number of carbonyl (C=O) groups excluding carboxylic acids is 2. The maximum Gasteiger partial charge on any atom is 0.471 e. The Balaban J connectivity index is 2.74. The summed E-state index contributed by atoms with van der Waals surface area (Å²) in [5.74, 6) is -2.23. The van der Waals surface area contributed by atoms with Gasteiger partial charge in [0.2, 0.25) is 5.91 Å². The van der Waals surface area contributed by atoms with E-state index in [0.29, 0.717) is 17.7 Å². The van der Waals surface area contributed by atoms with Gasteiger partial charge in [-0.15, -0.1) is 0 Å². The SMILES string of the molecule is CCN(C/C=C/[C@H](CCc1ccccc1)NC(=O)[C@H](C)N)C(=O)C(F)(F)F. The van der Waals surface area contributed by atoms with Crippen LogP contribution in [-0.4, -0.2) is 48.1 Å². The Morgan fingerprint density at radius 2 is 1.89 bits per heavy atom. The molecule has 1 aromatic rings. The van der Waals surface area contributed by atoms with Crippen molar-refractivity contribution in [2.75, 3.05) is 13.1 Å². The van der Waals surface area contributed by atoms with Crippen LogP contribution in [0, 0.1) is 0 Å². The fourth-order valence-electron chi connectivity index (χ4n) is 2.38. The van der Waals surface area contributed by atoms with Crippen LogP contribution in [0.25, 0.3) is 0 Å². The fourth-order valence-corrected chi connectivity index (χ4v) is 2.38. The lowest BCUT2D eigenvalue weighted by Gasteiger charge is -2.21. The Hall–Kier alpha value is -2.35. The van der Waals surface area contributed by atoms with Crippen molar-refractivity contribution in [3.05, 3.63) is 48.0 Å². The number of alkyl halides is 3. The van der Waals surface area contributed by atoms with Crippen LogP contribution in [-0.2, 0) is 16.0 Å². The number of nitrogens with two attached hydrogens (primary N) is 1. The standard InChI is InChI=1S/C19H26F3N3O2/c1-3-25(18(27)19(20,21)22)13-7-10-16(24-17(26)14(2)23)12-11-15-8-5-4-6-9-15/h4-10,14,16H,3,11-13,23H2,1-2H3,(H,24,26)/b10-7+/t14-,16+/m0/s1. The van der Waals surface area contributed by atoms with E-state index in [1.165, 1.54) is 13.0 Å². The van der Waals surface area contributed by atoms with Gasteiger partial charge in [0.25, 0.3) is 0 Å². The molecule has 0 aliphatic heterocycles. The van der Waals surface area contributed by atoms with Gasteiger partial charge in [0.05, 0.1) is 6.04 Å². The second-order valence-corrected chi connectivity index (χ2v) is 6.20. The van der Waals surface area contributed by atoms with Crippen molar-refractivity contribution in [3.8, 4) is 0 Å². The first-order valence-electron chi connectivity index (χ1n) is 8.77. The molecule has 0 saturated heterocycles. The average molecular weight is 385 g/mol. The van der Waals surface area contributed by atoms with E-state index in [0.717, 1.165) is 5.56 Å². The van der Waals surface area contributed by atoms with Gasteiger partial charge < -0.3 is 16.0 Å². The van der Waals surface area contributed by atoms with Gasteiger partial charge in [-0.25, -0.2) is 0 Å². The van der Waals surface area contributed by atoms with E-state index in [4.69, 9.17) is 5.73 Å². The van der Waals surface area contributed by atoms with Gasteiger partial charge in [-0.3, -0.25) is 9.59 Å². The summed E-state index contributed by atoms with van der Waals surface area (Å²) >= 11 is 0. The number of aryl methyl sites for hydroxylation is 1. The summed E-state index contributed by atoms with van der Waals surface area (Å²) in [6.07, 6.45) is -0.605. The topological polar surface area (TPSA) is 75.4 Å². The normalized spacial score (nSPS) is 14.0. The summed E-state index contributed by atoms with van der Waals surface area (Å²) < 4.78 is 37.7. The zero-order chi connectivity index (χ0) is 20.4. The first-order valence-corrected chi connectivity index (χ1v) is 8.77. The third kappa shape index (κ3) is 8.25. The van der Waals surface area contributed by atoms with Crippen molar-refractivity contribution in [2.24, 2.45) is 5.73 Å². The molecule has 0 radical (unpaired) electrons. The van der Waals surface area contributed by atoms with Gasteiger partial charge in [-0.05, 0) is 32.3 Å². The lowest BCUT2D eigenvalue weighted by Crippen LogP contribution is -2.43. The van der Waals surface area contributed by atoms with Crippen molar-refractivity contribution in [1.82, 2.24) is 10.2 Å². The van der Waals surface area contributed by atoms with Crippen LogP contribution in [0.2, 0.25) is 0 Å². The largest absolute Gasteiger partial charge is 0.471 e. The zero-order valence-electron chi connectivity index (χ0n) is 15.5. The summed E-state index contributed by atoms with van der Waals surface area (Å²) in [6.45, 7) is 2.77. The van der Waals surface area contributed by atoms with Crippen molar-refractivity contribution in [1.29, 1.82) is 0 Å². The average Bonchev–Trinajstić information content (AvgIpc) is 2.62. The molecule has 150 valence electrons. The van der Waals surface area contributed by atoms with E-state index in [1.54, 1.807) is 13.0 Å². The minimum Gasteiger partial charge on any atom is -0.349 e. The molecule has 1 aromatic carbocycles. The molecule has 0 fully saturated rings. The van der Waals surface area contributed by atoms with Crippen LogP contribution in [0.5, 0.6) is 0 Å². The van der Waals surface area contributed by atoms with Gasteiger partial charge in [0.1, 0.15) is 0 Å². The maximum absolute atomic E-state index is 12.6. The van der Waals surface area contributed by atoms with Gasteiger partial charge in [-0.1, -0.05) is 42.5 Å². The van der Waals surface area contributed by atoms with Crippen LogP contribution < -0.4 is 11.1 Å². The third-order valence-corrected chi connectivity index (χ3v) is 3.93. The first kappa shape index (κ1) is 22.7. The molecule has 0 aliphatic rings. The van der Waals surface area contributed by atoms with Crippen molar-refractivity contribution in [2.45, 2.75) is 44.9 Å². The molecule has 0 spiro atoms. The highest BCUT2D eigenvalue weighted by molar-refractivity contribution is 5.82. The Bertz CT molecular complexity index is 631. The number of likely N-dealkylation sites (N-methyl/N-ethyl adjacent to an activating group) is 1. The van der Waals surface area contributed by atoms with E-state index < -0.39 is 24.2 Å². The number of benzene rings is 1. The molecule has 5 nitrogen and oxygen atoms in total. The summed E-state index contributed by atoms with van der Waals surface area (Å²) in [6, 6.07) is 8.52. The molecule has 0 saturated carbocycles. The summed E-state index contributed by atoms with van der Waals surface area (Å²) in [5, 5.41) is 2.76.